The summed E-state index contributed by atoms with van der Waals surface area (Å²) in [5.74, 6) is 1.35. The van der Waals surface area contributed by atoms with Gasteiger partial charge in [0.2, 0.25) is 0 Å². The van der Waals surface area contributed by atoms with E-state index >= 15 is 0 Å². The third kappa shape index (κ3) is 5.45. The van der Waals surface area contributed by atoms with Gasteiger partial charge in [-0.15, -0.1) is 0 Å². The van der Waals surface area contributed by atoms with E-state index in [1.807, 2.05) is 77.4 Å². The van der Waals surface area contributed by atoms with Crippen LogP contribution in [0.1, 0.15) is 38.6 Å². The summed E-state index contributed by atoms with van der Waals surface area (Å²) in [4.78, 5) is 0. The van der Waals surface area contributed by atoms with Gasteiger partial charge in [-0.3, -0.25) is 0 Å². The SMILES string of the molecule is C=C/C=C(\C=C)n1c(/C=C(/C)C#N)ccc1-c1cc2cc3oc(-c4ccc(/C=C(/C)C#N)n4/C(C=C)=C/CC)cc3cc2o1. The number of nitrogens with zero attached hydrogens (tertiary/aromatic N) is 4. The van der Waals surface area contributed by atoms with E-state index in [2.05, 4.69) is 49.4 Å². The highest BCUT2D eigenvalue weighted by atomic mass is 16.3. The Morgan fingerprint density at radius 3 is 1.64 bits per heavy atom. The first-order chi connectivity index (χ1) is 21.3. The van der Waals surface area contributed by atoms with E-state index in [-0.39, 0.29) is 0 Å². The average molecular weight is 577 g/mol. The first-order valence-electron chi connectivity index (χ1n) is 14.2. The molecule has 6 heteroatoms. The molecule has 0 saturated carbocycles. The van der Waals surface area contributed by atoms with E-state index in [9.17, 15) is 10.5 Å². The maximum atomic E-state index is 9.38. The van der Waals surface area contributed by atoms with Crippen LogP contribution in [0.3, 0.4) is 0 Å². The van der Waals surface area contributed by atoms with Crippen LogP contribution in [0, 0.1) is 22.7 Å². The Hall–Kier alpha value is -5.98. The number of furan rings is 2. The van der Waals surface area contributed by atoms with Crippen LogP contribution in [-0.4, -0.2) is 9.13 Å². The number of hydrogen-bond donors (Lipinski definition) is 0. The van der Waals surface area contributed by atoms with Gasteiger partial charge >= 0.3 is 0 Å². The lowest BCUT2D eigenvalue weighted by atomic mass is 10.2. The number of allylic oxidation sites excluding steroid dienone is 9. The first-order valence-corrected chi connectivity index (χ1v) is 14.2. The van der Waals surface area contributed by atoms with E-state index in [1.54, 1.807) is 26.0 Å². The zero-order valence-electron chi connectivity index (χ0n) is 25.1. The fourth-order valence-corrected chi connectivity index (χ4v) is 5.25. The molecule has 0 aliphatic rings. The molecule has 216 valence electrons. The molecule has 0 spiro atoms. The third-order valence-corrected chi connectivity index (χ3v) is 7.20. The summed E-state index contributed by atoms with van der Waals surface area (Å²) >= 11 is 0. The number of rotatable bonds is 10. The number of aromatic nitrogens is 2. The van der Waals surface area contributed by atoms with Crippen LogP contribution in [0.2, 0.25) is 0 Å². The molecular formula is C38H32N4O2. The van der Waals surface area contributed by atoms with Crippen molar-refractivity contribution in [2.45, 2.75) is 27.2 Å². The second-order valence-electron chi connectivity index (χ2n) is 10.3. The molecule has 5 rings (SSSR count). The average Bonchev–Trinajstić information content (AvgIpc) is 3.81. The molecule has 0 radical (unpaired) electrons. The Balaban J connectivity index is 1.64. The van der Waals surface area contributed by atoms with Crippen LogP contribution < -0.4 is 0 Å². The highest BCUT2D eigenvalue weighted by Gasteiger charge is 2.19. The van der Waals surface area contributed by atoms with Crippen molar-refractivity contribution >= 4 is 45.5 Å². The van der Waals surface area contributed by atoms with Crippen molar-refractivity contribution < 1.29 is 8.83 Å². The molecule has 0 amide bonds. The predicted molar refractivity (Wildman–Crippen MR) is 181 cm³/mol. The molecule has 0 atom stereocenters. The van der Waals surface area contributed by atoms with Crippen LogP contribution in [-0.2, 0) is 0 Å². The molecule has 44 heavy (non-hydrogen) atoms. The maximum Gasteiger partial charge on any atom is 0.152 e. The van der Waals surface area contributed by atoms with Crippen molar-refractivity contribution in [2.75, 3.05) is 0 Å². The predicted octanol–water partition coefficient (Wildman–Crippen LogP) is 10.6. The van der Waals surface area contributed by atoms with Gasteiger partial charge in [-0.25, -0.2) is 0 Å². The van der Waals surface area contributed by atoms with Gasteiger partial charge < -0.3 is 18.0 Å². The van der Waals surface area contributed by atoms with Crippen LogP contribution in [0.5, 0.6) is 0 Å². The van der Waals surface area contributed by atoms with E-state index in [0.717, 1.165) is 56.9 Å². The van der Waals surface area contributed by atoms with Crippen LogP contribution in [0.15, 0.2) is 119 Å². The lowest BCUT2D eigenvalue weighted by Gasteiger charge is -2.12. The molecule has 0 unspecified atom stereocenters. The summed E-state index contributed by atoms with van der Waals surface area (Å²) in [6, 6.07) is 20.2. The molecule has 0 bridgehead atoms. The smallest absolute Gasteiger partial charge is 0.152 e. The van der Waals surface area contributed by atoms with Crippen molar-refractivity contribution in [3.8, 4) is 35.0 Å². The zero-order chi connectivity index (χ0) is 31.4. The number of nitriles is 2. The van der Waals surface area contributed by atoms with Crippen LogP contribution in [0.25, 0.3) is 68.4 Å². The van der Waals surface area contributed by atoms with E-state index in [4.69, 9.17) is 8.83 Å². The molecule has 0 N–H and O–H groups in total. The minimum atomic E-state index is 0.582. The van der Waals surface area contributed by atoms with Crippen LogP contribution in [0.4, 0.5) is 0 Å². The van der Waals surface area contributed by atoms with Gasteiger partial charge in [0.25, 0.3) is 0 Å². The Bertz CT molecular complexity index is 2100. The molecule has 0 fully saturated rings. The van der Waals surface area contributed by atoms with E-state index in [0.29, 0.717) is 28.2 Å². The fourth-order valence-electron chi connectivity index (χ4n) is 5.25. The highest BCUT2D eigenvalue weighted by Crippen LogP contribution is 2.37. The molecule has 4 heterocycles. The van der Waals surface area contributed by atoms with Gasteiger partial charge in [0.1, 0.15) is 11.2 Å². The second kappa shape index (κ2) is 12.5. The lowest BCUT2D eigenvalue weighted by molar-refractivity contribution is 0.623. The lowest BCUT2D eigenvalue weighted by Crippen LogP contribution is -1.99. The number of benzene rings is 1. The Labute approximate surface area is 257 Å². The Kier molecular flexibility index (Phi) is 8.37. The first kappa shape index (κ1) is 29.5. The molecule has 5 aromatic rings. The summed E-state index contributed by atoms with van der Waals surface area (Å²) < 4.78 is 16.9. The van der Waals surface area contributed by atoms with E-state index < -0.39 is 0 Å². The van der Waals surface area contributed by atoms with Crippen LogP contribution >= 0.6 is 0 Å². The van der Waals surface area contributed by atoms with Gasteiger partial charge in [0.15, 0.2) is 11.5 Å². The standard InChI is InChI=1S/C38H32N4O2/c1-7-11-29(9-3)41-31(17-25(5)23-39)13-15-33(41)37-21-27-19-36-28(20-35(27)43-37)22-38(44-36)34-16-14-32(18-26(6)24-40)42(34)30(10-4)12-8-2/h7,9-22H,1,3-4,8H2,2,5-6H3/b25-17-,26-18-,29-11+,30-12+. The molecule has 1 aromatic carbocycles. The Morgan fingerprint density at radius 2 is 1.23 bits per heavy atom. The van der Waals surface area contributed by atoms with Gasteiger partial charge in [0.05, 0.1) is 23.5 Å². The topological polar surface area (TPSA) is 83.7 Å². The van der Waals surface area contributed by atoms with E-state index in [1.165, 1.54) is 0 Å². The summed E-state index contributed by atoms with van der Waals surface area (Å²) in [7, 11) is 0. The van der Waals surface area contributed by atoms with Gasteiger partial charge in [-0.2, -0.15) is 10.5 Å². The molecule has 0 aliphatic heterocycles. The summed E-state index contributed by atoms with van der Waals surface area (Å²) in [6.07, 6.45) is 13.7. The summed E-state index contributed by atoms with van der Waals surface area (Å²) in [5, 5.41) is 20.5. The largest absolute Gasteiger partial charge is 0.454 e. The molecule has 0 aliphatic carbocycles. The molecular weight excluding hydrogens is 544 g/mol. The molecule has 6 nitrogen and oxygen atoms in total. The third-order valence-electron chi connectivity index (χ3n) is 7.20. The Morgan fingerprint density at radius 1 is 0.750 bits per heavy atom. The van der Waals surface area contributed by atoms with Gasteiger partial charge in [-0.05, 0) is 99.2 Å². The van der Waals surface area contributed by atoms with Crippen molar-refractivity contribution in [1.82, 2.24) is 9.13 Å². The van der Waals surface area contributed by atoms with Crippen molar-refractivity contribution in [3.63, 3.8) is 0 Å². The maximum absolute atomic E-state index is 9.38. The number of hydrogen-bond acceptors (Lipinski definition) is 4. The minimum absolute atomic E-state index is 0.582. The minimum Gasteiger partial charge on any atom is -0.454 e. The summed E-state index contributed by atoms with van der Waals surface area (Å²) in [5.41, 5.74) is 7.69. The normalized spacial score (nSPS) is 12.8. The second-order valence-corrected chi connectivity index (χ2v) is 10.3. The fraction of sp³-hybridized carbons (Fsp3) is 0.105. The van der Waals surface area contributed by atoms with Crippen molar-refractivity contribution in [2.24, 2.45) is 0 Å². The van der Waals surface area contributed by atoms with Gasteiger partial charge in [0, 0.05) is 44.7 Å². The molecule has 4 aromatic heterocycles. The molecule has 0 saturated heterocycles. The summed E-state index contributed by atoms with van der Waals surface area (Å²) in [6.45, 7) is 17.5. The zero-order valence-corrected chi connectivity index (χ0v) is 25.1. The quantitative estimate of drug-likeness (QED) is 0.122. The van der Waals surface area contributed by atoms with Gasteiger partial charge in [-0.1, -0.05) is 38.8 Å². The monoisotopic (exact) mass is 576 g/mol. The number of fused-ring (bicyclic) bond motifs is 2. The highest BCUT2D eigenvalue weighted by molar-refractivity contribution is 5.97. The van der Waals surface area contributed by atoms with Crippen molar-refractivity contribution in [1.29, 1.82) is 10.5 Å². The van der Waals surface area contributed by atoms with Crippen molar-refractivity contribution in [3.05, 3.63) is 121 Å².